The van der Waals surface area contributed by atoms with Crippen molar-refractivity contribution >= 4 is 18.2 Å². The molecule has 3 amide bonds. The van der Waals surface area contributed by atoms with Crippen LogP contribution in [0.3, 0.4) is 0 Å². The molecule has 3 rings (SSSR count). The Morgan fingerprint density at radius 2 is 2.00 bits per heavy atom. The minimum Gasteiger partial charge on any atom is -0.489 e. The van der Waals surface area contributed by atoms with Crippen molar-refractivity contribution in [3.63, 3.8) is 0 Å². The number of benzene rings is 2. The first kappa shape index (κ1) is 20.1. The Balaban J connectivity index is 1.76. The van der Waals surface area contributed by atoms with Crippen molar-refractivity contribution in [3.8, 4) is 11.8 Å². The van der Waals surface area contributed by atoms with Crippen LogP contribution in [-0.4, -0.2) is 29.2 Å². The van der Waals surface area contributed by atoms with Crippen LogP contribution >= 0.6 is 0 Å². The van der Waals surface area contributed by atoms with Gasteiger partial charge in [0.25, 0.3) is 0 Å². The molecule has 1 atom stereocenters. The SMILES string of the molecule is Cc1cccc(OCc2ccc(C#N)cc2)c1CN(C=O)C1CCC(=O)NC1=O. The maximum Gasteiger partial charge on any atom is 0.249 e. The Hall–Kier alpha value is -3.66. The van der Waals surface area contributed by atoms with Crippen molar-refractivity contribution in [2.45, 2.75) is 39.0 Å². The van der Waals surface area contributed by atoms with Crippen LogP contribution in [0.1, 0.15) is 35.1 Å². The van der Waals surface area contributed by atoms with Crippen LogP contribution in [-0.2, 0) is 27.5 Å². The second kappa shape index (κ2) is 9.02. The summed E-state index contributed by atoms with van der Waals surface area (Å²) in [5, 5.41) is 11.2. The second-order valence-electron chi connectivity index (χ2n) is 6.89. The Labute approximate surface area is 168 Å². The molecule has 7 heteroatoms. The third-order valence-electron chi connectivity index (χ3n) is 4.93. The van der Waals surface area contributed by atoms with Gasteiger partial charge in [0.15, 0.2) is 0 Å². The van der Waals surface area contributed by atoms with Crippen LogP contribution in [0.4, 0.5) is 0 Å². The maximum atomic E-state index is 12.1. The molecule has 0 spiro atoms. The number of carbonyl (C=O) groups excluding carboxylic acids is 3. The molecule has 2 aromatic carbocycles. The molecule has 7 nitrogen and oxygen atoms in total. The lowest BCUT2D eigenvalue weighted by molar-refractivity contribution is -0.141. The monoisotopic (exact) mass is 391 g/mol. The van der Waals surface area contributed by atoms with Crippen LogP contribution in [0.2, 0.25) is 0 Å². The van der Waals surface area contributed by atoms with Crippen molar-refractivity contribution in [1.82, 2.24) is 10.2 Å². The highest BCUT2D eigenvalue weighted by atomic mass is 16.5. The molecule has 1 heterocycles. The number of rotatable bonds is 7. The van der Waals surface area contributed by atoms with Crippen molar-refractivity contribution in [2.75, 3.05) is 0 Å². The molecule has 1 unspecified atom stereocenters. The van der Waals surface area contributed by atoms with E-state index in [1.807, 2.05) is 37.3 Å². The molecule has 29 heavy (non-hydrogen) atoms. The van der Waals surface area contributed by atoms with Crippen molar-refractivity contribution < 1.29 is 19.1 Å². The smallest absolute Gasteiger partial charge is 0.249 e. The predicted molar refractivity (Wildman–Crippen MR) is 104 cm³/mol. The second-order valence-corrected chi connectivity index (χ2v) is 6.89. The normalized spacial score (nSPS) is 15.9. The highest BCUT2D eigenvalue weighted by molar-refractivity contribution is 6.00. The van der Waals surface area contributed by atoms with Gasteiger partial charge in [0.05, 0.1) is 18.2 Å². The molecular weight excluding hydrogens is 370 g/mol. The zero-order valence-electron chi connectivity index (χ0n) is 16.1. The van der Waals surface area contributed by atoms with Crippen LogP contribution in [0, 0.1) is 18.3 Å². The van der Waals surface area contributed by atoms with E-state index in [1.54, 1.807) is 12.1 Å². The van der Waals surface area contributed by atoms with Gasteiger partial charge in [0, 0.05) is 12.0 Å². The number of carbonyl (C=O) groups is 3. The van der Waals surface area contributed by atoms with Gasteiger partial charge in [-0.1, -0.05) is 24.3 Å². The topological polar surface area (TPSA) is 99.5 Å². The first-order valence-corrected chi connectivity index (χ1v) is 9.27. The molecule has 1 aliphatic rings. The summed E-state index contributed by atoms with van der Waals surface area (Å²) in [5.41, 5.74) is 3.23. The number of amides is 3. The summed E-state index contributed by atoms with van der Waals surface area (Å²) in [6.45, 7) is 2.42. The summed E-state index contributed by atoms with van der Waals surface area (Å²) < 4.78 is 5.97. The van der Waals surface area contributed by atoms with Gasteiger partial charge in [-0.15, -0.1) is 0 Å². The van der Waals surface area contributed by atoms with Crippen molar-refractivity contribution in [1.29, 1.82) is 5.26 Å². The average molecular weight is 391 g/mol. The molecule has 1 saturated heterocycles. The third kappa shape index (κ3) is 4.79. The molecule has 0 aliphatic carbocycles. The number of piperidine rings is 1. The lowest BCUT2D eigenvalue weighted by Gasteiger charge is -2.30. The third-order valence-corrected chi connectivity index (χ3v) is 4.93. The predicted octanol–water partition coefficient (Wildman–Crippen LogP) is 2.21. The molecular formula is C22H21N3O4. The van der Waals surface area contributed by atoms with E-state index in [4.69, 9.17) is 10.00 Å². The van der Waals surface area contributed by atoms with E-state index in [-0.39, 0.29) is 18.9 Å². The van der Waals surface area contributed by atoms with Gasteiger partial charge < -0.3 is 9.64 Å². The van der Waals surface area contributed by atoms with Crippen LogP contribution in [0.25, 0.3) is 0 Å². The fraction of sp³-hybridized carbons (Fsp3) is 0.273. The van der Waals surface area contributed by atoms with Gasteiger partial charge >= 0.3 is 0 Å². The quantitative estimate of drug-likeness (QED) is 0.576. The lowest BCUT2D eigenvalue weighted by atomic mass is 10.0. The van der Waals surface area contributed by atoms with Gasteiger partial charge in [0.2, 0.25) is 18.2 Å². The van der Waals surface area contributed by atoms with E-state index >= 15 is 0 Å². The number of hydrogen-bond donors (Lipinski definition) is 1. The molecule has 1 N–H and O–H groups in total. The highest BCUT2D eigenvalue weighted by Gasteiger charge is 2.31. The van der Waals surface area contributed by atoms with Gasteiger partial charge in [-0.3, -0.25) is 19.7 Å². The van der Waals surface area contributed by atoms with Crippen molar-refractivity contribution in [2.24, 2.45) is 0 Å². The Bertz CT molecular complexity index is 963. The van der Waals surface area contributed by atoms with Crippen LogP contribution < -0.4 is 10.1 Å². The number of hydrogen-bond acceptors (Lipinski definition) is 5. The number of nitriles is 1. The van der Waals surface area contributed by atoms with Gasteiger partial charge in [-0.25, -0.2) is 0 Å². The first-order valence-electron chi connectivity index (χ1n) is 9.27. The lowest BCUT2D eigenvalue weighted by Crippen LogP contribution is -2.51. The number of imide groups is 1. The molecule has 2 aromatic rings. The molecule has 1 fully saturated rings. The summed E-state index contributed by atoms with van der Waals surface area (Å²) in [4.78, 5) is 36.6. The highest BCUT2D eigenvalue weighted by Crippen LogP contribution is 2.26. The van der Waals surface area contributed by atoms with Gasteiger partial charge in [-0.05, 0) is 42.7 Å². The summed E-state index contributed by atoms with van der Waals surface area (Å²) >= 11 is 0. The zero-order chi connectivity index (χ0) is 20.8. The van der Waals surface area contributed by atoms with Gasteiger partial charge in [0.1, 0.15) is 18.4 Å². The Morgan fingerprint density at radius 1 is 1.24 bits per heavy atom. The summed E-state index contributed by atoms with van der Waals surface area (Å²) in [6.07, 6.45) is 1.14. The molecule has 1 aliphatic heterocycles. The summed E-state index contributed by atoms with van der Waals surface area (Å²) in [7, 11) is 0. The van der Waals surface area contributed by atoms with E-state index in [9.17, 15) is 14.4 Å². The van der Waals surface area contributed by atoms with E-state index in [1.165, 1.54) is 4.90 Å². The molecule has 0 radical (unpaired) electrons. The van der Waals surface area contributed by atoms with E-state index in [0.717, 1.165) is 16.7 Å². The number of aryl methyl sites for hydroxylation is 1. The van der Waals surface area contributed by atoms with Gasteiger partial charge in [-0.2, -0.15) is 5.26 Å². The molecule has 0 aromatic heterocycles. The summed E-state index contributed by atoms with van der Waals surface area (Å²) in [5.74, 6) is -0.157. The van der Waals surface area contributed by atoms with E-state index in [0.29, 0.717) is 30.8 Å². The average Bonchev–Trinajstić information content (AvgIpc) is 2.72. The minimum absolute atomic E-state index is 0.200. The number of ether oxygens (including phenoxy) is 1. The van der Waals surface area contributed by atoms with Crippen LogP contribution in [0.5, 0.6) is 5.75 Å². The van der Waals surface area contributed by atoms with E-state index in [2.05, 4.69) is 11.4 Å². The number of nitrogens with zero attached hydrogens (tertiary/aromatic N) is 2. The Kier molecular flexibility index (Phi) is 6.25. The van der Waals surface area contributed by atoms with Crippen molar-refractivity contribution in [3.05, 3.63) is 64.7 Å². The minimum atomic E-state index is -0.684. The fourth-order valence-corrected chi connectivity index (χ4v) is 3.25. The van der Waals surface area contributed by atoms with E-state index < -0.39 is 11.9 Å². The summed E-state index contributed by atoms with van der Waals surface area (Å²) in [6, 6.07) is 14.1. The Morgan fingerprint density at radius 3 is 2.66 bits per heavy atom. The standard InChI is InChI=1S/C22H21N3O4/c1-15-3-2-4-20(29-13-17-7-5-16(11-23)6-8-17)18(15)12-25(14-26)19-9-10-21(27)24-22(19)28/h2-8,14,19H,9-10,12-13H2,1H3,(H,24,27,28). The molecule has 148 valence electrons. The first-order chi connectivity index (χ1) is 14.0. The largest absolute Gasteiger partial charge is 0.489 e. The number of nitrogens with one attached hydrogen (secondary N) is 1. The zero-order valence-corrected chi connectivity index (χ0v) is 16.1. The fourth-order valence-electron chi connectivity index (χ4n) is 3.25. The van der Waals surface area contributed by atoms with Crippen LogP contribution in [0.15, 0.2) is 42.5 Å². The molecule has 0 bridgehead atoms. The maximum absolute atomic E-state index is 12.1. The molecule has 0 saturated carbocycles.